The van der Waals surface area contributed by atoms with E-state index in [0.717, 1.165) is 30.9 Å². The van der Waals surface area contributed by atoms with E-state index < -0.39 is 0 Å². The van der Waals surface area contributed by atoms with Crippen LogP contribution in [0.1, 0.15) is 17.5 Å². The molecule has 0 amide bonds. The lowest BCUT2D eigenvalue weighted by atomic mass is 10.0. The first kappa shape index (κ1) is 19.1. The topological polar surface area (TPSA) is 23.4 Å². The lowest BCUT2D eigenvalue weighted by Crippen LogP contribution is -2.03. The molecule has 4 heteroatoms. The summed E-state index contributed by atoms with van der Waals surface area (Å²) in [6.07, 6.45) is 1.76. The number of aromatic nitrogens is 1. The van der Waals surface area contributed by atoms with Crippen LogP contribution in [0.4, 0.5) is 0 Å². The van der Waals surface area contributed by atoms with Gasteiger partial charge in [-0.3, -0.25) is 0 Å². The van der Waals surface area contributed by atoms with E-state index in [1.165, 1.54) is 33.3 Å². The van der Waals surface area contributed by atoms with E-state index >= 15 is 0 Å². The van der Waals surface area contributed by atoms with Crippen LogP contribution in [-0.2, 0) is 13.0 Å². The molecule has 0 aliphatic carbocycles. The van der Waals surface area contributed by atoms with Gasteiger partial charge < -0.3 is 14.0 Å². The molecule has 3 aromatic carbocycles. The van der Waals surface area contributed by atoms with Gasteiger partial charge in [0.25, 0.3) is 0 Å². The molecular formula is C26H24ClNO2. The molecule has 0 N–H and O–H groups in total. The van der Waals surface area contributed by atoms with Gasteiger partial charge in [-0.1, -0.05) is 42.5 Å². The van der Waals surface area contributed by atoms with Crippen molar-refractivity contribution in [3.63, 3.8) is 0 Å². The Kier molecular flexibility index (Phi) is 5.37. The van der Waals surface area contributed by atoms with Crippen molar-refractivity contribution in [2.45, 2.75) is 19.4 Å². The van der Waals surface area contributed by atoms with Crippen molar-refractivity contribution in [2.75, 3.05) is 19.1 Å². The van der Waals surface area contributed by atoms with Crippen molar-refractivity contribution in [1.29, 1.82) is 0 Å². The summed E-state index contributed by atoms with van der Waals surface area (Å²) in [7, 11) is 0. The van der Waals surface area contributed by atoms with Crippen LogP contribution in [0.3, 0.4) is 0 Å². The fourth-order valence-electron chi connectivity index (χ4n) is 4.27. The summed E-state index contributed by atoms with van der Waals surface area (Å²) in [6.45, 7) is 2.15. The lowest BCUT2D eigenvalue weighted by Gasteiger charge is -2.14. The molecule has 1 aliphatic rings. The number of alkyl halides is 1. The van der Waals surface area contributed by atoms with Crippen LogP contribution in [0.5, 0.6) is 11.5 Å². The number of halogens is 1. The van der Waals surface area contributed by atoms with Crippen molar-refractivity contribution < 1.29 is 9.47 Å². The number of para-hydroxylation sites is 2. The van der Waals surface area contributed by atoms with Gasteiger partial charge in [-0.05, 0) is 47.9 Å². The molecule has 4 aromatic rings. The number of fused-ring (bicyclic) bond motifs is 5. The molecule has 152 valence electrons. The Morgan fingerprint density at radius 1 is 0.933 bits per heavy atom. The molecule has 0 unspecified atom stereocenters. The normalized spacial score (nSPS) is 12.7. The molecular weight excluding hydrogens is 394 g/mol. The third kappa shape index (κ3) is 3.54. The Hall–Kier alpha value is -2.91. The van der Waals surface area contributed by atoms with Crippen molar-refractivity contribution in [3.8, 4) is 22.8 Å². The van der Waals surface area contributed by atoms with Crippen LogP contribution < -0.4 is 9.47 Å². The molecule has 0 saturated heterocycles. The predicted molar refractivity (Wildman–Crippen MR) is 123 cm³/mol. The van der Waals surface area contributed by atoms with Crippen LogP contribution in [0.15, 0.2) is 72.8 Å². The van der Waals surface area contributed by atoms with Gasteiger partial charge in [-0.15, -0.1) is 11.6 Å². The molecule has 2 heterocycles. The van der Waals surface area contributed by atoms with Crippen molar-refractivity contribution in [1.82, 2.24) is 4.57 Å². The SMILES string of the molecule is ClCCCOc1ccc(Cn2c3c(c4ccccc42)CCOc2ccccc2-3)cc1. The first-order valence-corrected chi connectivity index (χ1v) is 11.0. The minimum atomic E-state index is 0.620. The van der Waals surface area contributed by atoms with Gasteiger partial charge in [0.1, 0.15) is 11.5 Å². The molecule has 3 nitrogen and oxygen atoms in total. The number of benzene rings is 3. The third-order valence-electron chi connectivity index (χ3n) is 5.64. The summed E-state index contributed by atoms with van der Waals surface area (Å²) in [6, 6.07) is 25.5. The fourth-order valence-corrected chi connectivity index (χ4v) is 4.38. The smallest absolute Gasteiger partial charge is 0.128 e. The lowest BCUT2D eigenvalue weighted by molar-refractivity contribution is 0.318. The highest BCUT2D eigenvalue weighted by Crippen LogP contribution is 2.41. The minimum Gasteiger partial charge on any atom is -0.494 e. The second-order valence-corrected chi connectivity index (χ2v) is 7.94. The molecule has 0 atom stereocenters. The second kappa shape index (κ2) is 8.45. The maximum absolute atomic E-state index is 6.07. The standard InChI is InChI=1S/C26H24ClNO2/c27-15-5-16-29-20-12-10-19(11-13-20)18-28-24-8-3-1-6-21(24)22-14-17-30-25-9-4-2-7-23(25)26(22)28/h1-4,6-13H,5,14-18H2. The molecule has 1 aliphatic heterocycles. The second-order valence-electron chi connectivity index (χ2n) is 7.56. The summed E-state index contributed by atoms with van der Waals surface area (Å²) >= 11 is 5.73. The first-order valence-electron chi connectivity index (χ1n) is 10.4. The van der Waals surface area contributed by atoms with E-state index in [4.69, 9.17) is 21.1 Å². The summed E-state index contributed by atoms with van der Waals surface area (Å²) in [4.78, 5) is 0. The zero-order chi connectivity index (χ0) is 20.3. The van der Waals surface area contributed by atoms with Gasteiger partial charge in [0, 0.05) is 35.3 Å². The van der Waals surface area contributed by atoms with Gasteiger partial charge in [0.15, 0.2) is 0 Å². The maximum Gasteiger partial charge on any atom is 0.128 e. The Bertz CT molecular complexity index is 1160. The van der Waals surface area contributed by atoms with E-state index in [9.17, 15) is 0 Å². The number of rotatable bonds is 6. The van der Waals surface area contributed by atoms with Crippen molar-refractivity contribution in [3.05, 3.63) is 83.9 Å². The average Bonchev–Trinajstić information content (AvgIpc) is 2.96. The van der Waals surface area contributed by atoms with Crippen molar-refractivity contribution >= 4 is 22.5 Å². The third-order valence-corrected chi connectivity index (χ3v) is 5.91. The number of hydrogen-bond acceptors (Lipinski definition) is 2. The molecule has 1 aromatic heterocycles. The molecule has 0 saturated carbocycles. The van der Waals surface area contributed by atoms with E-state index in [0.29, 0.717) is 19.1 Å². The summed E-state index contributed by atoms with van der Waals surface area (Å²) in [5, 5.41) is 1.31. The van der Waals surface area contributed by atoms with Crippen LogP contribution in [0.2, 0.25) is 0 Å². The monoisotopic (exact) mass is 417 g/mol. The fraction of sp³-hybridized carbons (Fsp3) is 0.231. The van der Waals surface area contributed by atoms with E-state index in [1.54, 1.807) is 0 Å². The number of hydrogen-bond donors (Lipinski definition) is 0. The van der Waals surface area contributed by atoms with E-state index in [-0.39, 0.29) is 0 Å². The number of nitrogens with zero attached hydrogens (tertiary/aromatic N) is 1. The zero-order valence-corrected chi connectivity index (χ0v) is 17.6. The van der Waals surface area contributed by atoms with Gasteiger partial charge in [-0.25, -0.2) is 0 Å². The predicted octanol–water partition coefficient (Wildman–Crippen LogP) is 6.30. The molecule has 0 bridgehead atoms. The summed E-state index contributed by atoms with van der Waals surface area (Å²) < 4.78 is 14.3. The highest BCUT2D eigenvalue weighted by Gasteiger charge is 2.23. The molecule has 0 radical (unpaired) electrons. The van der Waals surface area contributed by atoms with E-state index in [2.05, 4.69) is 59.2 Å². The van der Waals surface area contributed by atoms with Crippen molar-refractivity contribution in [2.24, 2.45) is 0 Å². The Morgan fingerprint density at radius 3 is 2.60 bits per heavy atom. The van der Waals surface area contributed by atoms with Crippen LogP contribution in [0.25, 0.3) is 22.2 Å². The van der Waals surface area contributed by atoms with Crippen LogP contribution >= 0.6 is 11.6 Å². The Morgan fingerprint density at radius 2 is 1.73 bits per heavy atom. The average molecular weight is 418 g/mol. The van der Waals surface area contributed by atoms with Gasteiger partial charge in [0.2, 0.25) is 0 Å². The van der Waals surface area contributed by atoms with Crippen LogP contribution in [-0.4, -0.2) is 23.7 Å². The first-order chi connectivity index (χ1) is 14.8. The Labute approximate surface area is 181 Å². The van der Waals surface area contributed by atoms with Crippen LogP contribution in [0, 0.1) is 0 Å². The highest BCUT2D eigenvalue weighted by atomic mass is 35.5. The molecule has 0 fully saturated rings. The minimum absolute atomic E-state index is 0.620. The molecule has 5 rings (SSSR count). The summed E-state index contributed by atoms with van der Waals surface area (Å²) in [5.74, 6) is 2.47. The largest absolute Gasteiger partial charge is 0.494 e. The van der Waals surface area contributed by atoms with E-state index in [1.807, 2.05) is 18.2 Å². The number of ether oxygens (including phenoxy) is 2. The van der Waals surface area contributed by atoms with Gasteiger partial charge in [-0.2, -0.15) is 0 Å². The molecule has 0 spiro atoms. The quantitative estimate of drug-likeness (QED) is 0.271. The molecule has 30 heavy (non-hydrogen) atoms. The summed E-state index contributed by atoms with van der Waals surface area (Å²) in [5.41, 5.74) is 6.32. The maximum atomic E-state index is 6.07. The zero-order valence-electron chi connectivity index (χ0n) is 16.8. The Balaban J connectivity index is 1.57. The van der Waals surface area contributed by atoms with Gasteiger partial charge in [0.05, 0.1) is 18.9 Å². The highest BCUT2D eigenvalue weighted by molar-refractivity contribution is 6.17. The van der Waals surface area contributed by atoms with Gasteiger partial charge >= 0.3 is 0 Å².